The molecule has 1 aromatic carbocycles. The summed E-state index contributed by atoms with van der Waals surface area (Å²) >= 11 is 0. The van der Waals surface area contributed by atoms with Crippen molar-refractivity contribution in [3.8, 4) is 0 Å². The van der Waals surface area contributed by atoms with Gasteiger partial charge in [0.05, 0.1) is 6.26 Å². The van der Waals surface area contributed by atoms with Gasteiger partial charge in [0.2, 0.25) is 0 Å². The lowest BCUT2D eigenvalue weighted by Crippen LogP contribution is -2.53. The minimum atomic E-state index is -0.0416. The second-order valence-corrected chi connectivity index (χ2v) is 8.62. The third kappa shape index (κ3) is 6.96. The molecule has 2 saturated heterocycles. The number of halogens is 1. The minimum absolute atomic E-state index is 0. The molecule has 4 rings (SSSR count). The Bertz CT molecular complexity index is 886. The number of furan rings is 1. The van der Waals surface area contributed by atoms with Crippen LogP contribution in [0.25, 0.3) is 0 Å². The number of hydrogen-bond acceptors (Lipinski definition) is 4. The van der Waals surface area contributed by atoms with E-state index in [-0.39, 0.29) is 29.9 Å². The predicted octanol–water partition coefficient (Wildman–Crippen LogP) is 3.81. The molecule has 0 spiro atoms. The molecule has 1 aromatic heterocycles. The van der Waals surface area contributed by atoms with E-state index < -0.39 is 0 Å². The number of amides is 1. The summed E-state index contributed by atoms with van der Waals surface area (Å²) in [4.78, 5) is 23.7. The lowest BCUT2D eigenvalue weighted by atomic mass is 10.1. The highest BCUT2D eigenvalue weighted by molar-refractivity contribution is 14.0. The van der Waals surface area contributed by atoms with Crippen molar-refractivity contribution < 1.29 is 9.21 Å². The van der Waals surface area contributed by atoms with E-state index in [0.29, 0.717) is 18.8 Å². The maximum Gasteiger partial charge on any atom is 0.289 e. The van der Waals surface area contributed by atoms with Crippen LogP contribution < -0.4 is 5.32 Å². The average molecular weight is 566 g/mol. The molecule has 0 aliphatic carbocycles. The zero-order valence-electron chi connectivity index (χ0n) is 19.5. The fourth-order valence-electron chi connectivity index (χ4n) is 4.60. The summed E-state index contributed by atoms with van der Waals surface area (Å²) < 4.78 is 5.26. The van der Waals surface area contributed by atoms with Gasteiger partial charge < -0.3 is 19.5 Å². The first-order valence-electron chi connectivity index (χ1n) is 11.8. The Hall–Kier alpha value is -2.07. The zero-order chi connectivity index (χ0) is 22.2. The largest absolute Gasteiger partial charge is 0.459 e. The van der Waals surface area contributed by atoms with E-state index in [2.05, 4.69) is 44.4 Å². The third-order valence-electron chi connectivity index (χ3n) is 6.46. The molecule has 3 heterocycles. The van der Waals surface area contributed by atoms with Crippen LogP contribution >= 0.6 is 24.0 Å². The number of rotatable bonds is 5. The van der Waals surface area contributed by atoms with Crippen molar-refractivity contribution in [2.75, 3.05) is 46.3 Å². The zero-order valence-corrected chi connectivity index (χ0v) is 21.9. The molecule has 7 nitrogen and oxygen atoms in total. The molecule has 2 aliphatic rings. The normalized spacial score (nSPS) is 17.9. The van der Waals surface area contributed by atoms with Gasteiger partial charge in [0.25, 0.3) is 5.91 Å². The van der Waals surface area contributed by atoms with Gasteiger partial charge in [0.15, 0.2) is 11.7 Å². The van der Waals surface area contributed by atoms with Crippen LogP contribution in [-0.4, -0.2) is 72.9 Å². The minimum Gasteiger partial charge on any atom is -0.459 e. The van der Waals surface area contributed by atoms with Crippen LogP contribution in [0.15, 0.2) is 52.1 Å². The first-order chi connectivity index (χ1) is 15.7. The molecule has 0 radical (unpaired) electrons. The predicted molar refractivity (Wildman–Crippen MR) is 142 cm³/mol. The molecule has 2 aromatic rings. The number of likely N-dealkylation sites (tertiary alicyclic amines) is 1. The Labute approximate surface area is 214 Å². The third-order valence-corrected chi connectivity index (χ3v) is 6.46. The van der Waals surface area contributed by atoms with Gasteiger partial charge in [-0.25, -0.2) is 0 Å². The van der Waals surface area contributed by atoms with Gasteiger partial charge in [-0.1, -0.05) is 37.1 Å². The highest BCUT2D eigenvalue weighted by Gasteiger charge is 2.25. The second kappa shape index (κ2) is 13.0. The van der Waals surface area contributed by atoms with Crippen LogP contribution in [0.5, 0.6) is 0 Å². The molecule has 180 valence electrons. The maximum absolute atomic E-state index is 12.5. The number of aliphatic imine (C=N–C) groups is 1. The molecule has 1 N–H and O–H groups in total. The highest BCUT2D eigenvalue weighted by Crippen LogP contribution is 2.16. The number of hydrogen-bond donors (Lipinski definition) is 1. The fourth-order valence-corrected chi connectivity index (χ4v) is 4.60. The number of piperazine rings is 1. The van der Waals surface area contributed by atoms with Crippen molar-refractivity contribution in [3.63, 3.8) is 0 Å². The topological polar surface area (TPSA) is 64.3 Å². The molecule has 0 atom stereocenters. The van der Waals surface area contributed by atoms with Crippen molar-refractivity contribution in [3.05, 3.63) is 59.5 Å². The van der Waals surface area contributed by atoms with Crippen LogP contribution in [0.3, 0.4) is 0 Å². The number of nitrogens with one attached hydrogen (secondary N) is 1. The van der Waals surface area contributed by atoms with E-state index in [1.165, 1.54) is 49.9 Å². The first kappa shape index (κ1) is 25.6. The molecule has 0 saturated carbocycles. The van der Waals surface area contributed by atoms with Crippen molar-refractivity contribution in [1.29, 1.82) is 0 Å². The molecule has 8 heteroatoms. The molecular weight excluding hydrogens is 529 g/mol. The van der Waals surface area contributed by atoms with Crippen LogP contribution in [0.4, 0.5) is 0 Å². The Balaban J connectivity index is 0.00000306. The second-order valence-electron chi connectivity index (χ2n) is 8.62. The van der Waals surface area contributed by atoms with Gasteiger partial charge in [-0.15, -0.1) is 24.0 Å². The quantitative estimate of drug-likeness (QED) is 0.340. The summed E-state index contributed by atoms with van der Waals surface area (Å²) in [5.74, 6) is 1.25. The van der Waals surface area contributed by atoms with E-state index >= 15 is 0 Å². The van der Waals surface area contributed by atoms with Crippen LogP contribution in [0.1, 0.15) is 47.4 Å². The molecule has 0 unspecified atom stereocenters. The van der Waals surface area contributed by atoms with Gasteiger partial charge in [0.1, 0.15) is 0 Å². The van der Waals surface area contributed by atoms with E-state index in [9.17, 15) is 4.79 Å². The van der Waals surface area contributed by atoms with Gasteiger partial charge in [-0.05, 0) is 49.2 Å². The van der Waals surface area contributed by atoms with E-state index in [0.717, 1.165) is 32.1 Å². The molecule has 2 fully saturated rings. The molecule has 33 heavy (non-hydrogen) atoms. The monoisotopic (exact) mass is 565 g/mol. The van der Waals surface area contributed by atoms with Crippen molar-refractivity contribution >= 4 is 35.8 Å². The SMILES string of the molecule is CN=C(NCc1ccccc1CN1CCCCCC1)N1CCN(C(=O)c2ccco2)CC1.I. The lowest BCUT2D eigenvalue weighted by molar-refractivity contribution is 0.0657. The van der Waals surface area contributed by atoms with Crippen molar-refractivity contribution in [2.45, 2.75) is 38.8 Å². The Morgan fingerprint density at radius 2 is 1.58 bits per heavy atom. The Morgan fingerprint density at radius 1 is 0.909 bits per heavy atom. The fraction of sp³-hybridized carbons (Fsp3) is 0.520. The highest BCUT2D eigenvalue weighted by atomic mass is 127. The average Bonchev–Trinajstić information content (AvgIpc) is 3.25. The molecule has 0 bridgehead atoms. The van der Waals surface area contributed by atoms with E-state index in [4.69, 9.17) is 4.42 Å². The molecule has 1 amide bonds. The summed E-state index contributed by atoms with van der Waals surface area (Å²) in [6, 6.07) is 12.2. The summed E-state index contributed by atoms with van der Waals surface area (Å²) in [6.07, 6.45) is 6.87. The Kier molecular flexibility index (Phi) is 10.1. The van der Waals surface area contributed by atoms with E-state index in [1.807, 2.05) is 11.9 Å². The summed E-state index contributed by atoms with van der Waals surface area (Å²) in [6.45, 7) is 6.99. The summed E-state index contributed by atoms with van der Waals surface area (Å²) in [5.41, 5.74) is 2.72. The molecular formula is C25H36IN5O2. The Morgan fingerprint density at radius 3 is 2.21 bits per heavy atom. The summed E-state index contributed by atoms with van der Waals surface area (Å²) in [5, 5.41) is 3.55. The van der Waals surface area contributed by atoms with Gasteiger partial charge >= 0.3 is 0 Å². The number of carbonyl (C=O) groups excluding carboxylic acids is 1. The number of nitrogens with zero attached hydrogens (tertiary/aromatic N) is 4. The van der Waals surface area contributed by atoms with E-state index in [1.54, 1.807) is 18.4 Å². The van der Waals surface area contributed by atoms with Gasteiger partial charge in [-0.3, -0.25) is 14.7 Å². The van der Waals surface area contributed by atoms with Crippen LogP contribution in [0.2, 0.25) is 0 Å². The lowest BCUT2D eigenvalue weighted by Gasteiger charge is -2.36. The first-order valence-corrected chi connectivity index (χ1v) is 11.8. The van der Waals surface area contributed by atoms with Crippen molar-refractivity contribution in [2.24, 2.45) is 4.99 Å². The van der Waals surface area contributed by atoms with Crippen LogP contribution in [0, 0.1) is 0 Å². The molecule has 2 aliphatic heterocycles. The number of guanidine groups is 1. The van der Waals surface area contributed by atoms with Gasteiger partial charge in [0, 0.05) is 46.3 Å². The van der Waals surface area contributed by atoms with Crippen LogP contribution in [-0.2, 0) is 13.1 Å². The van der Waals surface area contributed by atoms with Crippen molar-refractivity contribution in [1.82, 2.24) is 20.0 Å². The summed E-state index contributed by atoms with van der Waals surface area (Å²) in [7, 11) is 1.83. The number of benzene rings is 1. The number of carbonyl (C=O) groups is 1. The smallest absolute Gasteiger partial charge is 0.289 e. The van der Waals surface area contributed by atoms with Gasteiger partial charge in [-0.2, -0.15) is 0 Å². The maximum atomic E-state index is 12.5. The standard InChI is InChI=1S/C25H35N5O2.HI/c1-26-25(30-16-14-29(15-17-30)24(31)23-11-8-18-32-23)27-19-21-9-4-5-10-22(21)20-28-12-6-2-3-7-13-28;/h4-5,8-11,18H,2-3,6-7,12-17,19-20H2,1H3,(H,26,27);1H.